The molecule has 1 atom stereocenters. The first-order valence-electron chi connectivity index (χ1n) is 6.49. The highest BCUT2D eigenvalue weighted by atomic mass is 19.1. The fourth-order valence-electron chi connectivity index (χ4n) is 2.00. The Morgan fingerprint density at radius 1 is 1.60 bits per heavy atom. The minimum atomic E-state index is -0.438. The second-order valence-corrected chi connectivity index (χ2v) is 4.49. The number of benzene rings is 1. The summed E-state index contributed by atoms with van der Waals surface area (Å²) in [5, 5.41) is 2.85. The Kier molecular flexibility index (Phi) is 4.75. The molecule has 20 heavy (non-hydrogen) atoms. The molecule has 0 aliphatic carbocycles. The molecule has 1 amide bonds. The molecule has 0 unspecified atom stereocenters. The number of cyclic esters (lactones) is 1. The Bertz CT molecular complexity index is 484. The zero-order valence-electron chi connectivity index (χ0n) is 11.3. The second-order valence-electron chi connectivity index (χ2n) is 4.49. The lowest BCUT2D eigenvalue weighted by atomic mass is 10.2. The van der Waals surface area contributed by atoms with Crippen LogP contribution in [0.25, 0.3) is 0 Å². The molecule has 7 heteroatoms. The van der Waals surface area contributed by atoms with Gasteiger partial charge in [0.2, 0.25) is 0 Å². The number of carbonyl (C=O) groups excluding carboxylic acids is 1. The van der Waals surface area contributed by atoms with Crippen LogP contribution in [0.3, 0.4) is 0 Å². The average molecular weight is 283 g/mol. The number of amides is 1. The van der Waals surface area contributed by atoms with Crippen molar-refractivity contribution in [2.45, 2.75) is 19.4 Å². The van der Waals surface area contributed by atoms with Crippen molar-refractivity contribution < 1.29 is 18.8 Å². The zero-order chi connectivity index (χ0) is 14.5. The van der Waals surface area contributed by atoms with Gasteiger partial charge in [-0.15, -0.1) is 0 Å². The molecule has 1 aromatic rings. The van der Waals surface area contributed by atoms with Crippen LogP contribution in [0, 0.1) is 5.82 Å². The number of anilines is 2. The van der Waals surface area contributed by atoms with Crippen LogP contribution in [0.5, 0.6) is 0 Å². The van der Waals surface area contributed by atoms with Crippen LogP contribution < -0.4 is 16.1 Å². The largest absolute Gasteiger partial charge is 0.444 e. The third-order valence-electron chi connectivity index (χ3n) is 3.13. The Morgan fingerprint density at radius 2 is 2.40 bits per heavy atom. The van der Waals surface area contributed by atoms with Gasteiger partial charge >= 0.3 is 6.09 Å². The number of ether oxygens (including phenoxy) is 1. The lowest BCUT2D eigenvalue weighted by Gasteiger charge is -2.14. The van der Waals surface area contributed by atoms with Crippen molar-refractivity contribution in [3.63, 3.8) is 0 Å². The number of hydrogen-bond acceptors (Lipinski definition) is 5. The third kappa shape index (κ3) is 3.17. The van der Waals surface area contributed by atoms with Gasteiger partial charge in [0.25, 0.3) is 0 Å². The molecule has 1 fully saturated rings. The van der Waals surface area contributed by atoms with Gasteiger partial charge in [-0.3, -0.25) is 4.90 Å². The number of nitrogens with one attached hydrogen (secondary N) is 1. The van der Waals surface area contributed by atoms with Crippen LogP contribution in [0.2, 0.25) is 0 Å². The normalized spacial score (nSPS) is 18.2. The van der Waals surface area contributed by atoms with Crippen LogP contribution in [0.1, 0.15) is 13.3 Å². The summed E-state index contributed by atoms with van der Waals surface area (Å²) in [6.07, 6.45) is 0.169. The molecule has 1 saturated heterocycles. The van der Waals surface area contributed by atoms with E-state index in [1.54, 1.807) is 12.1 Å². The van der Waals surface area contributed by atoms with Crippen molar-refractivity contribution in [2.24, 2.45) is 5.90 Å². The van der Waals surface area contributed by atoms with E-state index in [1.165, 1.54) is 11.0 Å². The van der Waals surface area contributed by atoms with Gasteiger partial charge < -0.3 is 14.9 Å². The number of hydrogen-bond donors (Lipinski definition) is 2. The van der Waals surface area contributed by atoms with Crippen LogP contribution in [0.4, 0.5) is 20.6 Å². The zero-order valence-corrected chi connectivity index (χ0v) is 11.3. The van der Waals surface area contributed by atoms with Crippen molar-refractivity contribution in [3.05, 3.63) is 24.0 Å². The SMILES string of the molecule is CC[C@H]1CN(c2ccc(NCCON)c(F)c2)C(=O)O1. The predicted octanol–water partition coefficient (Wildman–Crippen LogP) is 1.86. The molecule has 6 nitrogen and oxygen atoms in total. The number of rotatable bonds is 6. The van der Waals surface area contributed by atoms with E-state index >= 15 is 0 Å². The van der Waals surface area contributed by atoms with Crippen LogP contribution in [-0.4, -0.2) is 31.9 Å². The molecule has 1 heterocycles. The van der Waals surface area contributed by atoms with Crippen LogP contribution in [0.15, 0.2) is 18.2 Å². The molecule has 0 spiro atoms. The number of carbonyl (C=O) groups is 1. The van der Waals surface area contributed by atoms with Crippen molar-refractivity contribution in [3.8, 4) is 0 Å². The van der Waals surface area contributed by atoms with Gasteiger partial charge in [-0.25, -0.2) is 15.1 Å². The van der Waals surface area contributed by atoms with Crippen LogP contribution in [-0.2, 0) is 9.57 Å². The molecule has 1 aliphatic heterocycles. The fourth-order valence-corrected chi connectivity index (χ4v) is 2.00. The summed E-state index contributed by atoms with van der Waals surface area (Å²) >= 11 is 0. The Balaban J connectivity index is 2.07. The minimum Gasteiger partial charge on any atom is -0.444 e. The maximum Gasteiger partial charge on any atom is 0.414 e. The van der Waals surface area contributed by atoms with E-state index < -0.39 is 11.9 Å². The van der Waals surface area contributed by atoms with Gasteiger partial charge in [-0.2, -0.15) is 0 Å². The molecule has 110 valence electrons. The second kappa shape index (κ2) is 6.53. The van der Waals surface area contributed by atoms with E-state index in [9.17, 15) is 9.18 Å². The van der Waals surface area contributed by atoms with Crippen molar-refractivity contribution in [2.75, 3.05) is 29.9 Å². The molecule has 0 aromatic heterocycles. The van der Waals surface area contributed by atoms with E-state index in [-0.39, 0.29) is 12.7 Å². The number of nitrogens with two attached hydrogens (primary N) is 1. The van der Waals surface area contributed by atoms with Gasteiger partial charge in [-0.1, -0.05) is 6.92 Å². The standard InChI is InChI=1S/C13H18FN3O3/c1-2-10-8-17(13(18)20-10)9-3-4-12(11(14)7-9)16-5-6-19-15/h3-4,7,10,16H,2,5-6,8,15H2,1H3/t10-/m0/s1. The molecule has 0 saturated carbocycles. The summed E-state index contributed by atoms with van der Waals surface area (Å²) in [5.74, 6) is 4.45. The lowest BCUT2D eigenvalue weighted by Crippen LogP contribution is -2.24. The van der Waals surface area contributed by atoms with E-state index in [0.717, 1.165) is 6.42 Å². The van der Waals surface area contributed by atoms with E-state index in [4.69, 9.17) is 10.6 Å². The predicted molar refractivity (Wildman–Crippen MR) is 72.9 cm³/mol. The van der Waals surface area contributed by atoms with Gasteiger partial charge in [0.15, 0.2) is 0 Å². The minimum absolute atomic E-state index is 0.134. The van der Waals surface area contributed by atoms with E-state index in [1.807, 2.05) is 6.92 Å². The molecule has 3 N–H and O–H groups in total. The molecule has 1 aliphatic rings. The Morgan fingerprint density at radius 3 is 3.00 bits per heavy atom. The summed E-state index contributed by atoms with van der Waals surface area (Å²) in [7, 11) is 0. The lowest BCUT2D eigenvalue weighted by molar-refractivity contribution is 0.139. The van der Waals surface area contributed by atoms with Gasteiger partial charge in [-0.05, 0) is 24.6 Å². The monoisotopic (exact) mass is 283 g/mol. The van der Waals surface area contributed by atoms with E-state index in [0.29, 0.717) is 24.5 Å². The number of halogens is 1. The van der Waals surface area contributed by atoms with Crippen molar-refractivity contribution in [1.29, 1.82) is 0 Å². The molecular weight excluding hydrogens is 265 g/mol. The van der Waals surface area contributed by atoms with Crippen molar-refractivity contribution >= 4 is 17.5 Å². The molecule has 0 bridgehead atoms. The molecule has 1 aromatic carbocycles. The first-order valence-corrected chi connectivity index (χ1v) is 6.49. The van der Waals surface area contributed by atoms with Crippen LogP contribution >= 0.6 is 0 Å². The summed E-state index contributed by atoms with van der Waals surface area (Å²) in [6, 6.07) is 4.56. The summed E-state index contributed by atoms with van der Waals surface area (Å²) in [6.45, 7) is 3.06. The highest BCUT2D eigenvalue weighted by Crippen LogP contribution is 2.26. The summed E-state index contributed by atoms with van der Waals surface area (Å²) < 4.78 is 19.1. The van der Waals surface area contributed by atoms with E-state index in [2.05, 4.69) is 10.2 Å². The summed E-state index contributed by atoms with van der Waals surface area (Å²) in [4.78, 5) is 17.5. The summed E-state index contributed by atoms with van der Waals surface area (Å²) in [5.41, 5.74) is 0.828. The maximum absolute atomic E-state index is 13.9. The molecular formula is C13H18FN3O3. The first-order chi connectivity index (χ1) is 9.65. The first kappa shape index (κ1) is 14.5. The highest BCUT2D eigenvalue weighted by Gasteiger charge is 2.31. The molecule has 0 radical (unpaired) electrons. The molecule has 2 rings (SSSR count). The van der Waals surface area contributed by atoms with Crippen molar-refractivity contribution in [1.82, 2.24) is 0 Å². The number of nitrogens with zero attached hydrogens (tertiary/aromatic N) is 1. The topological polar surface area (TPSA) is 76.8 Å². The van der Waals surface area contributed by atoms with Gasteiger partial charge in [0.05, 0.1) is 24.5 Å². The van der Waals surface area contributed by atoms with Gasteiger partial charge in [0, 0.05) is 6.54 Å². The maximum atomic E-state index is 13.9. The quantitative estimate of drug-likeness (QED) is 0.615. The highest BCUT2D eigenvalue weighted by molar-refractivity contribution is 5.90. The Labute approximate surface area is 116 Å². The smallest absolute Gasteiger partial charge is 0.414 e. The Hall–Kier alpha value is -1.86. The van der Waals surface area contributed by atoms with Gasteiger partial charge in [0.1, 0.15) is 11.9 Å². The third-order valence-corrected chi connectivity index (χ3v) is 3.13. The fraction of sp³-hybridized carbons (Fsp3) is 0.462. The average Bonchev–Trinajstić information content (AvgIpc) is 2.82.